The van der Waals surface area contributed by atoms with E-state index in [1.807, 2.05) is 13.8 Å². The van der Waals surface area contributed by atoms with E-state index in [1.165, 1.54) is 6.08 Å². The van der Waals surface area contributed by atoms with Crippen LogP contribution in [-0.2, 0) is 28.3 Å². The van der Waals surface area contributed by atoms with Gasteiger partial charge in [-0.05, 0) is 49.4 Å². The van der Waals surface area contributed by atoms with Crippen molar-refractivity contribution < 1.29 is 28.3 Å². The van der Waals surface area contributed by atoms with Crippen LogP contribution in [0.25, 0.3) is 0 Å². The minimum atomic E-state index is -2.33. The molecule has 0 bridgehead atoms. The Balaban J connectivity index is 2.06. The highest BCUT2D eigenvalue weighted by molar-refractivity contribution is 6.74. The number of amides is 1. The van der Waals surface area contributed by atoms with Gasteiger partial charge in [-0.25, -0.2) is 9.59 Å². The lowest BCUT2D eigenvalue weighted by atomic mass is 9.74. The summed E-state index contributed by atoms with van der Waals surface area (Å²) in [5.41, 5.74) is -1.52. The second-order valence-corrected chi connectivity index (χ2v) is 17.0. The van der Waals surface area contributed by atoms with Crippen LogP contribution in [0.5, 0.6) is 0 Å². The summed E-state index contributed by atoms with van der Waals surface area (Å²) in [4.78, 5) is 39.0. The molecule has 1 saturated carbocycles. The zero-order chi connectivity index (χ0) is 24.8. The Morgan fingerprint density at radius 2 is 1.79 bits per heavy atom. The summed E-state index contributed by atoms with van der Waals surface area (Å²) >= 11 is 0. The van der Waals surface area contributed by atoms with Gasteiger partial charge < -0.3 is 19.2 Å². The molecule has 0 unspecified atom stereocenters. The normalized spacial score (nSPS) is 29.3. The molecule has 2 fully saturated rings. The maximum Gasteiger partial charge on any atom is 0.348 e. The van der Waals surface area contributed by atoms with Gasteiger partial charge in [-0.2, -0.15) is 0 Å². The smallest absolute Gasteiger partial charge is 0.348 e. The molecular formula is C25H41NO6Si. The van der Waals surface area contributed by atoms with Gasteiger partial charge in [-0.15, -0.1) is 0 Å². The maximum atomic E-state index is 14.0. The highest BCUT2D eigenvalue weighted by Crippen LogP contribution is 2.45. The molecule has 2 aliphatic heterocycles. The van der Waals surface area contributed by atoms with Crippen LogP contribution in [0.3, 0.4) is 0 Å². The Morgan fingerprint density at radius 3 is 2.24 bits per heavy atom. The molecule has 0 aromatic rings. The zero-order valence-corrected chi connectivity index (χ0v) is 22.5. The molecule has 1 N–H and O–H groups in total. The van der Waals surface area contributed by atoms with Gasteiger partial charge in [0.2, 0.25) is 12.0 Å². The summed E-state index contributed by atoms with van der Waals surface area (Å²) in [5, 5.41) is 2.86. The number of cyclic esters (lactones) is 1. The maximum absolute atomic E-state index is 14.0. The predicted octanol–water partition coefficient (Wildman–Crippen LogP) is 4.27. The van der Waals surface area contributed by atoms with Gasteiger partial charge in [0.15, 0.2) is 13.9 Å². The minimum Gasteiger partial charge on any atom is -0.462 e. The Kier molecular flexibility index (Phi) is 6.95. The molecule has 3 aliphatic rings. The Hall–Kier alpha value is -1.67. The van der Waals surface area contributed by atoms with Crippen molar-refractivity contribution in [3.05, 3.63) is 11.6 Å². The third-order valence-corrected chi connectivity index (χ3v) is 12.5. The fourth-order valence-corrected chi connectivity index (χ4v) is 6.23. The molecule has 1 amide bonds. The number of rotatable bonds is 6. The fraction of sp³-hybridized carbons (Fsp3) is 0.800. The van der Waals surface area contributed by atoms with E-state index in [1.54, 1.807) is 6.92 Å². The molecule has 3 rings (SSSR count). The number of carbonyl (C=O) groups is 3. The lowest BCUT2D eigenvalue weighted by molar-refractivity contribution is -0.172. The van der Waals surface area contributed by atoms with Crippen molar-refractivity contribution >= 4 is 26.2 Å². The third kappa shape index (κ3) is 4.78. The van der Waals surface area contributed by atoms with E-state index in [9.17, 15) is 14.4 Å². The highest BCUT2D eigenvalue weighted by Gasteiger charge is 2.60. The van der Waals surface area contributed by atoms with Crippen LogP contribution in [0.4, 0.5) is 0 Å². The van der Waals surface area contributed by atoms with Gasteiger partial charge >= 0.3 is 11.9 Å². The van der Waals surface area contributed by atoms with E-state index >= 15 is 0 Å². The summed E-state index contributed by atoms with van der Waals surface area (Å²) < 4.78 is 18.0. The van der Waals surface area contributed by atoms with E-state index in [0.717, 1.165) is 32.1 Å². The number of hydrogen-bond acceptors (Lipinski definition) is 6. The largest absolute Gasteiger partial charge is 0.462 e. The van der Waals surface area contributed by atoms with Crippen molar-refractivity contribution in [1.29, 1.82) is 0 Å². The zero-order valence-electron chi connectivity index (χ0n) is 21.5. The van der Waals surface area contributed by atoms with Crippen molar-refractivity contribution in [3.63, 3.8) is 0 Å². The van der Waals surface area contributed by atoms with Crippen LogP contribution in [0.2, 0.25) is 18.1 Å². The SMILES string of the molecule is CC1=CC(=O)N[C@]1(C(=O)O[C@@H]1C(=O)OCC1(C)C)[C@@H](O[Si](C)(C)C(C)(C)C)C1CCCCC1. The summed E-state index contributed by atoms with van der Waals surface area (Å²) in [6.07, 6.45) is 5.01. The topological polar surface area (TPSA) is 90.9 Å². The fourth-order valence-electron chi connectivity index (χ4n) is 4.87. The summed E-state index contributed by atoms with van der Waals surface area (Å²) in [6, 6.07) is 0. The van der Waals surface area contributed by atoms with E-state index < -0.39 is 43.4 Å². The quantitative estimate of drug-likeness (QED) is 0.452. The average molecular weight is 480 g/mol. The summed E-state index contributed by atoms with van der Waals surface area (Å²) in [7, 11) is -2.33. The van der Waals surface area contributed by atoms with Crippen LogP contribution in [0.15, 0.2) is 11.6 Å². The number of esters is 2. The van der Waals surface area contributed by atoms with Crippen molar-refractivity contribution in [2.24, 2.45) is 11.3 Å². The molecule has 186 valence electrons. The standard InChI is InChI=1S/C25H41NO6Si/c1-16-14-18(27)26-25(16,22(29)31-20-21(28)30-15-24(20,5)6)19(17-12-10-9-11-13-17)32-33(7,8)23(2,3)4/h14,17,19-20H,9-13,15H2,1-8H3,(H,26,27)/t19-,20+,25-/m0/s1. The third-order valence-electron chi connectivity index (χ3n) is 8.08. The second kappa shape index (κ2) is 8.84. The first kappa shape index (κ1) is 25.9. The van der Waals surface area contributed by atoms with Crippen LogP contribution >= 0.6 is 0 Å². The van der Waals surface area contributed by atoms with Gasteiger partial charge in [0, 0.05) is 11.5 Å². The number of hydrogen-bond donors (Lipinski definition) is 1. The monoisotopic (exact) mass is 479 g/mol. The molecule has 0 spiro atoms. The predicted molar refractivity (Wildman–Crippen MR) is 128 cm³/mol. The van der Waals surface area contributed by atoms with Gasteiger partial charge in [0.25, 0.3) is 0 Å². The Morgan fingerprint density at radius 1 is 1.18 bits per heavy atom. The average Bonchev–Trinajstić information content (AvgIpc) is 3.15. The van der Waals surface area contributed by atoms with Crippen LogP contribution in [0, 0.1) is 11.3 Å². The van der Waals surface area contributed by atoms with Gasteiger partial charge in [0.1, 0.15) is 6.61 Å². The second-order valence-electron chi connectivity index (χ2n) is 12.2. The lowest BCUT2D eigenvalue weighted by Gasteiger charge is -2.48. The Bertz CT molecular complexity index is 836. The van der Waals surface area contributed by atoms with Crippen LogP contribution in [-0.4, -0.2) is 50.5 Å². The molecule has 33 heavy (non-hydrogen) atoms. The number of ether oxygens (including phenoxy) is 2. The van der Waals surface area contributed by atoms with Crippen molar-refractivity contribution in [1.82, 2.24) is 5.32 Å². The molecule has 1 saturated heterocycles. The van der Waals surface area contributed by atoms with Crippen LogP contribution in [0.1, 0.15) is 73.6 Å². The van der Waals surface area contributed by atoms with Gasteiger partial charge in [-0.3, -0.25) is 4.79 Å². The van der Waals surface area contributed by atoms with Gasteiger partial charge in [0.05, 0.1) is 6.10 Å². The van der Waals surface area contributed by atoms with Gasteiger partial charge in [-0.1, -0.05) is 53.9 Å². The first-order valence-electron chi connectivity index (χ1n) is 12.2. The molecule has 7 nitrogen and oxygen atoms in total. The summed E-state index contributed by atoms with van der Waals surface area (Å²) in [5.74, 6) is -1.41. The molecule has 0 aromatic heterocycles. The molecule has 0 aromatic carbocycles. The molecule has 1 aliphatic carbocycles. The van der Waals surface area contributed by atoms with E-state index in [4.69, 9.17) is 13.9 Å². The first-order valence-corrected chi connectivity index (χ1v) is 15.1. The molecule has 2 heterocycles. The first-order chi connectivity index (χ1) is 15.1. The lowest BCUT2D eigenvalue weighted by Crippen LogP contribution is -2.66. The van der Waals surface area contributed by atoms with Crippen LogP contribution < -0.4 is 5.32 Å². The van der Waals surface area contributed by atoms with E-state index in [0.29, 0.717) is 5.57 Å². The number of carbonyl (C=O) groups excluding carboxylic acids is 3. The molecule has 0 radical (unpaired) electrons. The van der Waals surface area contributed by atoms with Crippen molar-refractivity contribution in [2.75, 3.05) is 6.61 Å². The number of nitrogens with one attached hydrogen (secondary N) is 1. The molecular weight excluding hydrogens is 438 g/mol. The Labute approximate surface area is 199 Å². The van der Waals surface area contributed by atoms with E-state index in [-0.39, 0.29) is 23.5 Å². The molecule has 8 heteroatoms. The molecule has 3 atom stereocenters. The van der Waals surface area contributed by atoms with Crippen molar-refractivity contribution in [2.45, 2.75) is 110 Å². The minimum absolute atomic E-state index is 0.0809. The highest BCUT2D eigenvalue weighted by atomic mass is 28.4. The van der Waals surface area contributed by atoms with E-state index in [2.05, 4.69) is 39.2 Å². The van der Waals surface area contributed by atoms with Crippen molar-refractivity contribution in [3.8, 4) is 0 Å². The summed E-state index contributed by atoms with van der Waals surface area (Å²) in [6.45, 7) is 16.4.